The predicted octanol–water partition coefficient (Wildman–Crippen LogP) is 1.72. The fraction of sp³-hybridized carbons (Fsp3) is 0.583. The Balaban J connectivity index is 1.40. The second-order valence-corrected chi connectivity index (χ2v) is 4.35. The summed E-state index contributed by atoms with van der Waals surface area (Å²) in [5.41, 5.74) is 1.81. The Labute approximate surface area is 89.9 Å². The number of allylic oxidation sites excluding steroid dienone is 1. The molecule has 82 valence electrons. The average molecular weight is 207 g/mol. The van der Waals surface area contributed by atoms with E-state index in [4.69, 9.17) is 5.11 Å². The molecule has 2 rings (SSSR count). The molecule has 0 radical (unpaired) electrons. The monoisotopic (exact) mass is 207 g/mol. The minimum atomic E-state index is -0.687. The minimum Gasteiger partial charge on any atom is -0.481 e. The second kappa shape index (κ2) is 4.19. The van der Waals surface area contributed by atoms with E-state index < -0.39 is 5.97 Å². The van der Waals surface area contributed by atoms with E-state index in [0.717, 1.165) is 32.4 Å². The van der Waals surface area contributed by atoms with Gasteiger partial charge in [-0.3, -0.25) is 4.79 Å². The first-order valence-electron chi connectivity index (χ1n) is 5.58. The molecule has 2 N–H and O–H groups in total. The lowest BCUT2D eigenvalue weighted by Gasteiger charge is -2.19. The molecular formula is C12H17NO2. The fourth-order valence-electron chi connectivity index (χ4n) is 1.94. The van der Waals surface area contributed by atoms with E-state index in [2.05, 4.69) is 23.5 Å². The minimum absolute atomic E-state index is 0.304. The van der Waals surface area contributed by atoms with Crippen LogP contribution in [0.3, 0.4) is 0 Å². The topological polar surface area (TPSA) is 49.3 Å². The zero-order chi connectivity index (χ0) is 10.7. The van der Waals surface area contributed by atoms with Gasteiger partial charge < -0.3 is 10.4 Å². The first-order valence-corrected chi connectivity index (χ1v) is 5.58. The molecule has 2 aliphatic carbocycles. The number of unbranched alkanes of at least 4 members (excludes halogenated alkanes) is 2. The van der Waals surface area contributed by atoms with Crippen molar-refractivity contribution < 1.29 is 9.90 Å². The molecule has 0 saturated carbocycles. The van der Waals surface area contributed by atoms with Crippen LogP contribution in [0.15, 0.2) is 23.8 Å². The van der Waals surface area contributed by atoms with Crippen molar-refractivity contribution in [2.45, 2.75) is 25.7 Å². The Morgan fingerprint density at radius 2 is 2.27 bits per heavy atom. The maximum Gasteiger partial charge on any atom is 0.303 e. The van der Waals surface area contributed by atoms with Crippen LogP contribution in [0.5, 0.6) is 0 Å². The number of hydrogen-bond acceptors (Lipinski definition) is 2. The first-order chi connectivity index (χ1) is 7.23. The van der Waals surface area contributed by atoms with Gasteiger partial charge in [0.25, 0.3) is 0 Å². The van der Waals surface area contributed by atoms with Crippen LogP contribution in [0.4, 0.5) is 0 Å². The molecule has 0 aromatic rings. The number of carboxylic acid groups (broad SMARTS) is 1. The van der Waals surface area contributed by atoms with E-state index in [1.165, 1.54) is 5.57 Å². The van der Waals surface area contributed by atoms with Crippen LogP contribution < -0.4 is 5.32 Å². The number of carboxylic acids is 1. The van der Waals surface area contributed by atoms with E-state index in [1.807, 2.05) is 0 Å². The first kappa shape index (κ1) is 10.4. The lowest BCUT2D eigenvalue weighted by molar-refractivity contribution is -0.137. The Bertz CT molecular complexity index is 316. The third kappa shape index (κ3) is 2.48. The van der Waals surface area contributed by atoms with Gasteiger partial charge >= 0.3 is 5.97 Å². The maximum absolute atomic E-state index is 10.2. The van der Waals surface area contributed by atoms with Gasteiger partial charge in [0.05, 0.1) is 0 Å². The quantitative estimate of drug-likeness (QED) is 0.596. The summed E-state index contributed by atoms with van der Waals surface area (Å²) in [7, 11) is 0. The predicted molar refractivity (Wildman–Crippen MR) is 58.6 cm³/mol. The van der Waals surface area contributed by atoms with Gasteiger partial charge in [-0.05, 0) is 25.0 Å². The van der Waals surface area contributed by atoms with Crippen molar-refractivity contribution in [1.82, 2.24) is 5.32 Å². The summed E-state index contributed by atoms with van der Waals surface area (Å²) >= 11 is 0. The van der Waals surface area contributed by atoms with Crippen LogP contribution in [0.25, 0.3) is 0 Å². The van der Waals surface area contributed by atoms with Crippen LogP contribution in [0.2, 0.25) is 0 Å². The van der Waals surface area contributed by atoms with Gasteiger partial charge in [-0.15, -0.1) is 0 Å². The van der Waals surface area contributed by atoms with E-state index in [0.29, 0.717) is 11.8 Å². The summed E-state index contributed by atoms with van der Waals surface area (Å²) in [6.45, 7) is 2.02. The summed E-state index contributed by atoms with van der Waals surface area (Å²) < 4.78 is 0. The summed E-state index contributed by atoms with van der Waals surface area (Å²) in [5, 5.41) is 11.8. The summed E-state index contributed by atoms with van der Waals surface area (Å²) in [5.74, 6) is -0.687. The van der Waals surface area contributed by atoms with Gasteiger partial charge in [-0.25, -0.2) is 0 Å². The summed E-state index contributed by atoms with van der Waals surface area (Å²) in [6.07, 6.45) is 9.85. The largest absolute Gasteiger partial charge is 0.481 e. The molecule has 2 aliphatic rings. The van der Waals surface area contributed by atoms with Gasteiger partial charge in [0, 0.05) is 18.4 Å². The summed E-state index contributed by atoms with van der Waals surface area (Å²) in [6, 6.07) is 0. The molecule has 0 spiro atoms. The average Bonchev–Trinajstić information content (AvgIpc) is 2.68. The van der Waals surface area contributed by atoms with Crippen molar-refractivity contribution in [3.8, 4) is 0 Å². The smallest absolute Gasteiger partial charge is 0.303 e. The molecule has 15 heavy (non-hydrogen) atoms. The normalized spacial score (nSPS) is 25.5. The molecular weight excluding hydrogens is 190 g/mol. The van der Waals surface area contributed by atoms with Crippen molar-refractivity contribution in [2.24, 2.45) is 5.41 Å². The van der Waals surface area contributed by atoms with Crippen LogP contribution in [0.1, 0.15) is 25.7 Å². The molecule has 0 amide bonds. The van der Waals surface area contributed by atoms with Crippen molar-refractivity contribution >= 4 is 5.97 Å². The van der Waals surface area contributed by atoms with E-state index in [9.17, 15) is 4.79 Å². The van der Waals surface area contributed by atoms with Crippen molar-refractivity contribution in [3.63, 3.8) is 0 Å². The van der Waals surface area contributed by atoms with Gasteiger partial charge in [-0.2, -0.15) is 0 Å². The number of rotatable bonds is 8. The Morgan fingerprint density at radius 1 is 1.40 bits per heavy atom. The van der Waals surface area contributed by atoms with Gasteiger partial charge in [0.2, 0.25) is 0 Å². The number of hydrogen-bond donors (Lipinski definition) is 2. The highest BCUT2D eigenvalue weighted by Gasteiger charge is 2.45. The number of fused-ring (bicyclic) bond motifs is 1. The fourth-order valence-corrected chi connectivity index (χ4v) is 1.94. The van der Waals surface area contributed by atoms with E-state index >= 15 is 0 Å². The maximum atomic E-state index is 10.2. The van der Waals surface area contributed by atoms with Crippen LogP contribution in [0, 0.1) is 5.41 Å². The summed E-state index contributed by atoms with van der Waals surface area (Å²) in [4.78, 5) is 10.2. The molecule has 0 aromatic heterocycles. The highest BCUT2D eigenvalue weighted by atomic mass is 16.4. The molecule has 0 aliphatic heterocycles. The van der Waals surface area contributed by atoms with Crippen molar-refractivity contribution in [2.75, 3.05) is 13.1 Å². The molecule has 0 saturated heterocycles. The molecule has 0 aromatic carbocycles. The zero-order valence-corrected chi connectivity index (χ0v) is 8.83. The van der Waals surface area contributed by atoms with Gasteiger partial charge in [0.15, 0.2) is 0 Å². The van der Waals surface area contributed by atoms with Crippen LogP contribution in [-0.4, -0.2) is 24.2 Å². The SMILES string of the molecule is O=C(O)CCCCCNC[C@@]12C=CC1=C2. The molecule has 0 bridgehead atoms. The van der Waals surface area contributed by atoms with E-state index in [-0.39, 0.29) is 0 Å². The molecule has 3 nitrogen and oxygen atoms in total. The van der Waals surface area contributed by atoms with Crippen LogP contribution in [-0.2, 0) is 4.79 Å². The lowest BCUT2D eigenvalue weighted by atomic mass is 9.91. The number of carbonyl (C=O) groups is 1. The Hall–Kier alpha value is -1.09. The van der Waals surface area contributed by atoms with Crippen molar-refractivity contribution in [1.29, 1.82) is 0 Å². The van der Waals surface area contributed by atoms with E-state index in [1.54, 1.807) is 0 Å². The standard InChI is InChI=1S/C12H17NO2/c14-11(15)4-2-1-3-7-13-9-12-6-5-10(12)8-12/h5-6,8,13H,1-4,7,9H2,(H,14,15)/t12-/m0/s1. The molecule has 0 heterocycles. The molecule has 0 unspecified atom stereocenters. The zero-order valence-electron chi connectivity index (χ0n) is 8.83. The third-order valence-electron chi connectivity index (χ3n) is 3.09. The van der Waals surface area contributed by atoms with Gasteiger partial charge in [0.1, 0.15) is 0 Å². The lowest BCUT2D eigenvalue weighted by Crippen LogP contribution is -2.27. The Kier molecular flexibility index (Phi) is 2.91. The second-order valence-electron chi connectivity index (χ2n) is 4.35. The Morgan fingerprint density at radius 3 is 2.80 bits per heavy atom. The number of aliphatic carboxylic acids is 1. The number of nitrogens with one attached hydrogen (secondary N) is 1. The van der Waals surface area contributed by atoms with Gasteiger partial charge in [-0.1, -0.05) is 24.6 Å². The highest BCUT2D eigenvalue weighted by Crippen LogP contribution is 2.53. The third-order valence-corrected chi connectivity index (χ3v) is 3.09. The molecule has 0 fully saturated rings. The molecule has 1 atom stereocenters. The highest BCUT2D eigenvalue weighted by molar-refractivity contribution is 5.66. The van der Waals surface area contributed by atoms with Crippen LogP contribution >= 0.6 is 0 Å². The van der Waals surface area contributed by atoms with Crippen molar-refractivity contribution in [3.05, 3.63) is 23.8 Å². The molecule has 3 heteroatoms.